The van der Waals surface area contributed by atoms with Gasteiger partial charge >= 0.3 is 0 Å². The third kappa shape index (κ3) is 3.72. The molecule has 0 spiro atoms. The number of methoxy groups -OCH3 is 1. The molecule has 6 nitrogen and oxygen atoms in total. The highest BCUT2D eigenvalue weighted by molar-refractivity contribution is 5.63. The highest BCUT2D eigenvalue weighted by Crippen LogP contribution is 2.26. The van der Waals surface area contributed by atoms with E-state index in [1.807, 2.05) is 36.7 Å². The number of aromatic nitrogens is 2. The summed E-state index contributed by atoms with van der Waals surface area (Å²) >= 11 is 0. The van der Waals surface area contributed by atoms with E-state index < -0.39 is 0 Å². The van der Waals surface area contributed by atoms with Crippen LogP contribution in [-0.2, 0) is 6.54 Å². The van der Waals surface area contributed by atoms with Crippen LogP contribution in [-0.4, -0.2) is 71.3 Å². The molecule has 1 saturated heterocycles. The monoisotopic (exact) mass is 328 g/mol. The summed E-state index contributed by atoms with van der Waals surface area (Å²) in [5, 5.41) is 9.45. The molecule has 0 amide bonds. The molecule has 1 fully saturated rings. The van der Waals surface area contributed by atoms with E-state index in [0.717, 1.165) is 43.1 Å². The molecule has 1 N–H and O–H groups in total. The van der Waals surface area contributed by atoms with Crippen molar-refractivity contribution in [3.63, 3.8) is 0 Å². The first kappa shape index (κ1) is 16.8. The molecule has 0 saturated carbocycles. The Labute approximate surface area is 142 Å². The molecule has 1 aromatic heterocycles. The van der Waals surface area contributed by atoms with Gasteiger partial charge in [-0.25, -0.2) is 9.97 Å². The van der Waals surface area contributed by atoms with E-state index in [0.29, 0.717) is 5.82 Å². The molecule has 24 heavy (non-hydrogen) atoms. The van der Waals surface area contributed by atoms with Gasteiger partial charge in [-0.05, 0) is 19.2 Å². The van der Waals surface area contributed by atoms with E-state index in [9.17, 15) is 5.11 Å². The fourth-order valence-corrected chi connectivity index (χ4v) is 3.01. The van der Waals surface area contributed by atoms with Crippen molar-refractivity contribution in [1.82, 2.24) is 19.8 Å². The van der Waals surface area contributed by atoms with Crippen LogP contribution < -0.4 is 4.74 Å². The van der Waals surface area contributed by atoms with Gasteiger partial charge in [0.2, 0.25) is 0 Å². The van der Waals surface area contributed by atoms with Gasteiger partial charge in [0.15, 0.2) is 5.82 Å². The van der Waals surface area contributed by atoms with Gasteiger partial charge in [0.1, 0.15) is 5.75 Å². The molecule has 0 radical (unpaired) electrons. The standard InChI is InChI=1S/C18H24N4O2/c1-21-7-8-22(12-15(21)13-23)11-14-9-19-18(20-10-14)16-5-3-4-6-17(16)24-2/h3-6,9-10,15,23H,7-8,11-13H2,1-2H3/t15-/m1/s1. The largest absolute Gasteiger partial charge is 0.496 e. The van der Waals surface area contributed by atoms with Crippen LogP contribution in [0.3, 0.4) is 0 Å². The lowest BCUT2D eigenvalue weighted by atomic mass is 10.1. The summed E-state index contributed by atoms with van der Waals surface area (Å²) in [6.45, 7) is 3.81. The molecular formula is C18H24N4O2. The quantitative estimate of drug-likeness (QED) is 0.892. The maximum absolute atomic E-state index is 9.45. The van der Waals surface area contributed by atoms with Crippen molar-refractivity contribution >= 4 is 0 Å². The molecule has 0 aliphatic carbocycles. The number of benzene rings is 1. The number of piperazine rings is 1. The van der Waals surface area contributed by atoms with E-state index in [1.165, 1.54) is 0 Å². The molecule has 1 aliphatic heterocycles. The highest BCUT2D eigenvalue weighted by atomic mass is 16.5. The van der Waals surface area contributed by atoms with Crippen LogP contribution in [0.4, 0.5) is 0 Å². The van der Waals surface area contributed by atoms with Gasteiger partial charge < -0.3 is 9.84 Å². The van der Waals surface area contributed by atoms with Crippen LogP contribution in [0.5, 0.6) is 5.75 Å². The maximum atomic E-state index is 9.45. The Morgan fingerprint density at radius 1 is 1.21 bits per heavy atom. The molecular weight excluding hydrogens is 304 g/mol. The molecule has 2 aromatic rings. The minimum absolute atomic E-state index is 0.191. The van der Waals surface area contributed by atoms with E-state index in [-0.39, 0.29) is 12.6 Å². The SMILES string of the molecule is COc1ccccc1-c1ncc(CN2CCN(C)[C@@H](CO)C2)cn1. The topological polar surface area (TPSA) is 61.7 Å². The molecule has 3 rings (SSSR count). The van der Waals surface area contributed by atoms with Crippen molar-refractivity contribution in [3.05, 3.63) is 42.2 Å². The Morgan fingerprint density at radius 3 is 2.67 bits per heavy atom. The second-order valence-corrected chi connectivity index (χ2v) is 6.17. The highest BCUT2D eigenvalue weighted by Gasteiger charge is 2.23. The Kier molecular flexibility index (Phi) is 5.40. The van der Waals surface area contributed by atoms with Crippen molar-refractivity contribution in [2.24, 2.45) is 0 Å². The predicted octanol–water partition coefficient (Wildman–Crippen LogP) is 1.26. The first-order chi connectivity index (χ1) is 11.7. The van der Waals surface area contributed by atoms with E-state index in [4.69, 9.17) is 4.74 Å². The minimum Gasteiger partial charge on any atom is -0.496 e. The molecule has 1 aromatic carbocycles. The molecule has 128 valence electrons. The number of rotatable bonds is 5. The maximum Gasteiger partial charge on any atom is 0.162 e. The fraction of sp³-hybridized carbons (Fsp3) is 0.444. The van der Waals surface area contributed by atoms with Crippen LogP contribution >= 0.6 is 0 Å². The van der Waals surface area contributed by atoms with Crippen molar-refractivity contribution in [2.45, 2.75) is 12.6 Å². The van der Waals surface area contributed by atoms with Crippen molar-refractivity contribution < 1.29 is 9.84 Å². The van der Waals surface area contributed by atoms with Crippen LogP contribution in [0.15, 0.2) is 36.7 Å². The zero-order valence-corrected chi connectivity index (χ0v) is 14.2. The average molecular weight is 328 g/mol. The second kappa shape index (κ2) is 7.70. The number of hydrogen-bond acceptors (Lipinski definition) is 6. The zero-order chi connectivity index (χ0) is 16.9. The molecule has 1 atom stereocenters. The second-order valence-electron chi connectivity index (χ2n) is 6.17. The minimum atomic E-state index is 0.191. The summed E-state index contributed by atoms with van der Waals surface area (Å²) in [5.74, 6) is 1.44. The van der Waals surface area contributed by atoms with Gasteiger partial charge in [0.25, 0.3) is 0 Å². The number of para-hydroxylation sites is 1. The lowest BCUT2D eigenvalue weighted by Gasteiger charge is -2.38. The summed E-state index contributed by atoms with van der Waals surface area (Å²) < 4.78 is 5.37. The van der Waals surface area contributed by atoms with Crippen molar-refractivity contribution in [3.8, 4) is 17.1 Å². The average Bonchev–Trinajstić information content (AvgIpc) is 2.64. The van der Waals surface area contributed by atoms with Gasteiger partial charge in [-0.3, -0.25) is 9.80 Å². The van der Waals surface area contributed by atoms with Gasteiger partial charge in [-0.1, -0.05) is 12.1 Å². The van der Waals surface area contributed by atoms with E-state index in [1.54, 1.807) is 7.11 Å². The lowest BCUT2D eigenvalue weighted by molar-refractivity contribution is 0.0539. The Hall–Kier alpha value is -2.02. The molecule has 6 heteroatoms. The number of aliphatic hydroxyl groups excluding tert-OH is 1. The Morgan fingerprint density at radius 2 is 1.96 bits per heavy atom. The van der Waals surface area contributed by atoms with Gasteiger partial charge in [-0.15, -0.1) is 0 Å². The lowest BCUT2D eigenvalue weighted by Crippen LogP contribution is -2.52. The van der Waals surface area contributed by atoms with Crippen LogP contribution in [0.2, 0.25) is 0 Å². The van der Waals surface area contributed by atoms with Crippen molar-refractivity contribution in [1.29, 1.82) is 0 Å². The number of aliphatic hydroxyl groups is 1. The normalized spacial score (nSPS) is 19.4. The first-order valence-corrected chi connectivity index (χ1v) is 8.19. The van der Waals surface area contributed by atoms with Crippen LogP contribution in [0.1, 0.15) is 5.56 Å². The molecule has 1 aliphatic rings. The summed E-state index contributed by atoms with van der Waals surface area (Å²) in [7, 11) is 3.71. The van der Waals surface area contributed by atoms with Gasteiger partial charge in [0.05, 0.1) is 19.3 Å². The zero-order valence-electron chi connectivity index (χ0n) is 14.2. The summed E-state index contributed by atoms with van der Waals surface area (Å²) in [6, 6.07) is 7.95. The molecule has 0 bridgehead atoms. The number of ether oxygens (including phenoxy) is 1. The van der Waals surface area contributed by atoms with Gasteiger partial charge in [-0.2, -0.15) is 0 Å². The van der Waals surface area contributed by atoms with Gasteiger partial charge in [0, 0.05) is 50.2 Å². The third-order valence-electron chi connectivity index (χ3n) is 4.53. The van der Waals surface area contributed by atoms with E-state index in [2.05, 4.69) is 26.8 Å². The Bertz CT molecular complexity index is 662. The van der Waals surface area contributed by atoms with Crippen LogP contribution in [0.25, 0.3) is 11.4 Å². The van der Waals surface area contributed by atoms with Crippen LogP contribution in [0, 0.1) is 0 Å². The first-order valence-electron chi connectivity index (χ1n) is 8.19. The summed E-state index contributed by atoms with van der Waals surface area (Å²) in [6.07, 6.45) is 3.75. The Balaban J connectivity index is 1.69. The molecule has 2 heterocycles. The predicted molar refractivity (Wildman–Crippen MR) is 92.8 cm³/mol. The van der Waals surface area contributed by atoms with E-state index >= 15 is 0 Å². The molecule has 0 unspecified atom stereocenters. The number of hydrogen-bond donors (Lipinski definition) is 1. The summed E-state index contributed by atoms with van der Waals surface area (Å²) in [4.78, 5) is 13.5. The smallest absolute Gasteiger partial charge is 0.162 e. The number of nitrogens with zero attached hydrogens (tertiary/aromatic N) is 4. The van der Waals surface area contributed by atoms with Crippen molar-refractivity contribution in [2.75, 3.05) is 40.4 Å². The fourth-order valence-electron chi connectivity index (χ4n) is 3.01. The number of likely N-dealkylation sites (N-methyl/N-ethyl adjacent to an activating group) is 1. The summed E-state index contributed by atoms with van der Waals surface area (Å²) in [5.41, 5.74) is 1.97. The third-order valence-corrected chi connectivity index (χ3v) is 4.53.